The number of unbranched alkanes of at least 4 members (excludes halogenated alkanes) is 5. The number of benzene rings is 1. The van der Waals surface area contributed by atoms with E-state index in [1.54, 1.807) is 0 Å². The summed E-state index contributed by atoms with van der Waals surface area (Å²) in [6, 6.07) is 10.6. The lowest BCUT2D eigenvalue weighted by molar-refractivity contribution is 0.613. The topological polar surface area (TPSA) is 0 Å². The predicted octanol–water partition coefficient (Wildman–Crippen LogP) is 6.90. The van der Waals surface area contributed by atoms with Crippen LogP contribution in [0.15, 0.2) is 33.7 Å². The van der Waals surface area contributed by atoms with Crippen molar-refractivity contribution in [3.05, 3.63) is 39.3 Å². The third-order valence-electron chi connectivity index (χ3n) is 3.13. The third-order valence-corrected chi connectivity index (χ3v) is 4.09. The first-order valence-corrected chi connectivity index (χ1v) is 8.44. The van der Waals surface area contributed by atoms with Gasteiger partial charge in [0.25, 0.3) is 0 Å². The minimum absolute atomic E-state index is 1.09. The van der Waals surface area contributed by atoms with Crippen LogP contribution in [0.3, 0.4) is 0 Å². The summed E-state index contributed by atoms with van der Waals surface area (Å²) >= 11 is 7.14. The SMILES string of the molecule is CCCCCCCCC(=C(Br)Br)c1ccccc1. The summed E-state index contributed by atoms with van der Waals surface area (Å²) in [5, 5.41) is 0. The van der Waals surface area contributed by atoms with E-state index in [9.17, 15) is 0 Å². The van der Waals surface area contributed by atoms with Crippen molar-refractivity contribution in [3.63, 3.8) is 0 Å². The normalized spacial score (nSPS) is 10.4. The predicted molar refractivity (Wildman–Crippen MR) is 89.2 cm³/mol. The fraction of sp³-hybridized carbons (Fsp3) is 0.500. The average molecular weight is 374 g/mol. The standard InChI is InChI=1S/C16H22Br2/c1-2-3-4-5-6-10-13-15(16(17)18)14-11-8-7-9-12-14/h7-9,11-12H,2-6,10,13H2,1H3. The van der Waals surface area contributed by atoms with Gasteiger partial charge < -0.3 is 0 Å². The molecule has 0 aliphatic heterocycles. The first kappa shape index (κ1) is 16.0. The maximum Gasteiger partial charge on any atom is 0.0642 e. The van der Waals surface area contributed by atoms with Crippen molar-refractivity contribution in [1.29, 1.82) is 0 Å². The van der Waals surface area contributed by atoms with Crippen molar-refractivity contribution in [3.8, 4) is 0 Å². The number of rotatable bonds is 8. The van der Waals surface area contributed by atoms with Crippen LogP contribution in [0.25, 0.3) is 5.57 Å². The van der Waals surface area contributed by atoms with Crippen LogP contribution in [-0.4, -0.2) is 0 Å². The van der Waals surface area contributed by atoms with Gasteiger partial charge in [-0.05, 0) is 55.8 Å². The second-order valence-corrected chi connectivity index (χ2v) is 7.27. The lowest BCUT2D eigenvalue weighted by atomic mass is 10.0. The molecular formula is C16H22Br2. The van der Waals surface area contributed by atoms with Crippen LogP contribution >= 0.6 is 31.9 Å². The first-order valence-electron chi connectivity index (χ1n) is 6.85. The molecule has 0 fully saturated rings. The highest BCUT2D eigenvalue weighted by Gasteiger charge is 2.05. The molecule has 1 rings (SSSR count). The Morgan fingerprint density at radius 2 is 1.50 bits per heavy atom. The summed E-state index contributed by atoms with van der Waals surface area (Å²) in [5.41, 5.74) is 2.70. The van der Waals surface area contributed by atoms with Crippen molar-refractivity contribution in [2.24, 2.45) is 0 Å². The summed E-state index contributed by atoms with van der Waals surface area (Å²) in [4.78, 5) is 0. The minimum atomic E-state index is 1.09. The Bertz CT molecular complexity index is 351. The van der Waals surface area contributed by atoms with Crippen LogP contribution in [0.2, 0.25) is 0 Å². The highest BCUT2D eigenvalue weighted by Crippen LogP contribution is 2.31. The summed E-state index contributed by atoms with van der Waals surface area (Å²) in [7, 11) is 0. The second-order valence-electron chi connectivity index (χ2n) is 4.62. The number of hydrogen-bond donors (Lipinski definition) is 0. The van der Waals surface area contributed by atoms with Gasteiger partial charge in [0.1, 0.15) is 0 Å². The molecule has 0 aromatic heterocycles. The summed E-state index contributed by atoms with van der Waals surface area (Å²) in [5.74, 6) is 0. The highest BCUT2D eigenvalue weighted by molar-refractivity contribution is 9.28. The van der Waals surface area contributed by atoms with Gasteiger partial charge in [-0.2, -0.15) is 0 Å². The van der Waals surface area contributed by atoms with Gasteiger partial charge >= 0.3 is 0 Å². The average Bonchev–Trinajstić information content (AvgIpc) is 2.38. The maximum absolute atomic E-state index is 3.57. The molecule has 0 nitrogen and oxygen atoms in total. The molecule has 0 heterocycles. The molecule has 0 bridgehead atoms. The lowest BCUT2D eigenvalue weighted by Gasteiger charge is -2.08. The van der Waals surface area contributed by atoms with Crippen LogP contribution < -0.4 is 0 Å². The molecule has 1 aromatic rings. The van der Waals surface area contributed by atoms with Gasteiger partial charge in [-0.3, -0.25) is 0 Å². The molecule has 2 heteroatoms. The zero-order valence-corrected chi connectivity index (χ0v) is 14.3. The fourth-order valence-corrected chi connectivity index (χ4v) is 2.92. The van der Waals surface area contributed by atoms with E-state index in [-0.39, 0.29) is 0 Å². The first-order chi connectivity index (χ1) is 8.75. The molecule has 18 heavy (non-hydrogen) atoms. The van der Waals surface area contributed by atoms with Crippen molar-refractivity contribution in [2.75, 3.05) is 0 Å². The number of allylic oxidation sites excluding steroid dienone is 1. The quantitative estimate of drug-likeness (QED) is 0.435. The molecule has 0 atom stereocenters. The van der Waals surface area contributed by atoms with Crippen molar-refractivity contribution in [1.82, 2.24) is 0 Å². The van der Waals surface area contributed by atoms with Crippen LogP contribution in [-0.2, 0) is 0 Å². The van der Waals surface area contributed by atoms with E-state index in [0.29, 0.717) is 0 Å². The van der Waals surface area contributed by atoms with E-state index >= 15 is 0 Å². The summed E-state index contributed by atoms with van der Waals surface area (Å²) < 4.78 is 1.09. The van der Waals surface area contributed by atoms with Gasteiger partial charge in [-0.1, -0.05) is 69.4 Å². The Labute approximate surface area is 128 Å². The van der Waals surface area contributed by atoms with E-state index in [1.165, 1.54) is 49.7 Å². The maximum atomic E-state index is 3.57. The highest BCUT2D eigenvalue weighted by atomic mass is 79.9. The van der Waals surface area contributed by atoms with E-state index in [1.807, 2.05) is 0 Å². The Balaban J connectivity index is 2.40. The molecule has 0 N–H and O–H groups in total. The molecule has 0 radical (unpaired) electrons. The molecular weight excluding hydrogens is 352 g/mol. The summed E-state index contributed by atoms with van der Waals surface area (Å²) in [6.07, 6.45) is 9.21. The van der Waals surface area contributed by atoms with Gasteiger partial charge in [0.2, 0.25) is 0 Å². The molecule has 1 aromatic carbocycles. The van der Waals surface area contributed by atoms with Crippen molar-refractivity contribution >= 4 is 37.4 Å². The molecule has 0 saturated heterocycles. The van der Waals surface area contributed by atoms with E-state index in [2.05, 4.69) is 69.1 Å². The number of hydrogen-bond acceptors (Lipinski definition) is 0. The van der Waals surface area contributed by atoms with Gasteiger partial charge in [-0.15, -0.1) is 0 Å². The zero-order chi connectivity index (χ0) is 13.2. The van der Waals surface area contributed by atoms with Crippen LogP contribution in [0, 0.1) is 0 Å². The molecule has 0 saturated carbocycles. The van der Waals surface area contributed by atoms with E-state index < -0.39 is 0 Å². The number of halogens is 2. The van der Waals surface area contributed by atoms with Crippen molar-refractivity contribution < 1.29 is 0 Å². The largest absolute Gasteiger partial charge is 0.0654 e. The lowest BCUT2D eigenvalue weighted by Crippen LogP contribution is -1.87. The minimum Gasteiger partial charge on any atom is -0.0654 e. The molecule has 0 spiro atoms. The van der Waals surface area contributed by atoms with Gasteiger partial charge in [0.05, 0.1) is 3.39 Å². The van der Waals surface area contributed by atoms with E-state index in [0.717, 1.165) is 9.81 Å². The van der Waals surface area contributed by atoms with Gasteiger partial charge in [-0.25, -0.2) is 0 Å². The molecule has 0 aliphatic carbocycles. The monoisotopic (exact) mass is 372 g/mol. The van der Waals surface area contributed by atoms with Crippen molar-refractivity contribution in [2.45, 2.75) is 51.9 Å². The van der Waals surface area contributed by atoms with Crippen LogP contribution in [0.5, 0.6) is 0 Å². The smallest absolute Gasteiger partial charge is 0.0642 e. The zero-order valence-electron chi connectivity index (χ0n) is 11.1. The Morgan fingerprint density at radius 3 is 2.11 bits per heavy atom. The van der Waals surface area contributed by atoms with Crippen LogP contribution in [0.4, 0.5) is 0 Å². The second kappa shape index (κ2) is 9.80. The van der Waals surface area contributed by atoms with Gasteiger partial charge in [0, 0.05) is 0 Å². The Morgan fingerprint density at radius 1 is 0.889 bits per heavy atom. The summed E-state index contributed by atoms with van der Waals surface area (Å²) in [6.45, 7) is 2.26. The molecule has 0 aliphatic rings. The van der Waals surface area contributed by atoms with Crippen LogP contribution in [0.1, 0.15) is 57.4 Å². The Kier molecular flexibility index (Phi) is 8.70. The van der Waals surface area contributed by atoms with Gasteiger partial charge in [0.15, 0.2) is 0 Å². The third kappa shape index (κ3) is 6.19. The molecule has 100 valence electrons. The molecule has 0 amide bonds. The fourth-order valence-electron chi connectivity index (χ4n) is 2.07. The Hall–Kier alpha value is -0.0800. The molecule has 0 unspecified atom stereocenters. The van der Waals surface area contributed by atoms with E-state index in [4.69, 9.17) is 0 Å².